The molecule has 1 heterocycles. The van der Waals surface area contributed by atoms with E-state index in [1.54, 1.807) is 12.5 Å². The molecule has 1 N–H and O–H groups in total. The number of halogens is 2. The minimum Gasteiger partial charge on any atom is -0.492 e. The van der Waals surface area contributed by atoms with Gasteiger partial charge in [-0.05, 0) is 35.4 Å². The van der Waals surface area contributed by atoms with Crippen LogP contribution in [0.25, 0.3) is 0 Å². The van der Waals surface area contributed by atoms with Crippen molar-refractivity contribution in [3.8, 4) is 11.5 Å². The number of benzene rings is 2. The Morgan fingerprint density at radius 2 is 1.78 bits per heavy atom. The molecule has 32 heavy (non-hydrogen) atoms. The number of aromatic nitrogens is 2. The van der Waals surface area contributed by atoms with Gasteiger partial charge in [0.2, 0.25) is 0 Å². The van der Waals surface area contributed by atoms with Gasteiger partial charge in [-0.2, -0.15) is 0 Å². The second-order valence-corrected chi connectivity index (χ2v) is 9.31. The van der Waals surface area contributed by atoms with Gasteiger partial charge in [-0.15, -0.1) is 11.6 Å². The first-order valence-corrected chi connectivity index (χ1v) is 11.6. The molecule has 0 saturated carbocycles. The Bertz CT molecular complexity index is 975. The molecule has 0 spiro atoms. The zero-order valence-corrected chi connectivity index (χ0v) is 20.2. The Morgan fingerprint density at radius 3 is 2.41 bits per heavy atom. The summed E-state index contributed by atoms with van der Waals surface area (Å²) in [6, 6.07) is 13.8. The number of aliphatic hydroxyl groups excluding tert-OH is 1. The molecular weight excluding hydrogens is 447 g/mol. The summed E-state index contributed by atoms with van der Waals surface area (Å²) in [5, 5.41) is 10.7. The first-order chi connectivity index (χ1) is 15.3. The minimum absolute atomic E-state index is 0.209. The van der Waals surface area contributed by atoms with Gasteiger partial charge >= 0.3 is 0 Å². The molecule has 2 atom stereocenters. The van der Waals surface area contributed by atoms with Crippen molar-refractivity contribution in [2.24, 2.45) is 5.92 Å². The van der Waals surface area contributed by atoms with E-state index in [0.717, 1.165) is 11.1 Å². The highest BCUT2D eigenvalue weighted by Gasteiger charge is 2.24. The fourth-order valence-corrected chi connectivity index (χ4v) is 3.63. The van der Waals surface area contributed by atoms with Crippen molar-refractivity contribution in [3.05, 3.63) is 77.3 Å². The van der Waals surface area contributed by atoms with Gasteiger partial charge in [-0.1, -0.05) is 50.6 Å². The van der Waals surface area contributed by atoms with Crippen molar-refractivity contribution in [1.29, 1.82) is 0 Å². The van der Waals surface area contributed by atoms with Crippen molar-refractivity contribution in [3.63, 3.8) is 0 Å². The topological polar surface area (TPSA) is 56.5 Å². The van der Waals surface area contributed by atoms with Crippen LogP contribution in [0.1, 0.15) is 31.9 Å². The van der Waals surface area contributed by atoms with Crippen LogP contribution in [-0.2, 0) is 12.0 Å². The SMILES string of the molecule is C[C@@H](CCl)COc1ccc(C(C)(C)c2ccc(OC[C@@H](O)Cn3ccnc3)cc2)cc1Cl. The summed E-state index contributed by atoms with van der Waals surface area (Å²) in [7, 11) is 0. The molecule has 172 valence electrons. The van der Waals surface area contributed by atoms with E-state index in [2.05, 4.69) is 18.8 Å². The maximum atomic E-state index is 10.1. The normalized spacial score (nSPS) is 13.6. The van der Waals surface area contributed by atoms with Crippen molar-refractivity contribution in [2.45, 2.75) is 38.8 Å². The van der Waals surface area contributed by atoms with Crippen molar-refractivity contribution < 1.29 is 14.6 Å². The van der Waals surface area contributed by atoms with Crippen LogP contribution in [0, 0.1) is 5.92 Å². The van der Waals surface area contributed by atoms with E-state index < -0.39 is 6.10 Å². The van der Waals surface area contributed by atoms with E-state index in [9.17, 15) is 5.11 Å². The lowest BCUT2D eigenvalue weighted by Gasteiger charge is -2.27. The number of nitrogens with zero attached hydrogens (tertiary/aromatic N) is 2. The molecule has 0 bridgehead atoms. The minimum atomic E-state index is -0.615. The largest absolute Gasteiger partial charge is 0.492 e. The van der Waals surface area contributed by atoms with E-state index >= 15 is 0 Å². The number of ether oxygens (including phenoxy) is 2. The molecule has 0 aliphatic rings. The lowest BCUT2D eigenvalue weighted by Crippen LogP contribution is -2.23. The second kappa shape index (κ2) is 11.1. The highest BCUT2D eigenvalue weighted by Crippen LogP contribution is 2.36. The van der Waals surface area contributed by atoms with Crippen molar-refractivity contribution in [2.75, 3.05) is 19.1 Å². The van der Waals surface area contributed by atoms with Crippen LogP contribution < -0.4 is 9.47 Å². The Kier molecular flexibility index (Phi) is 8.46. The summed E-state index contributed by atoms with van der Waals surface area (Å²) in [6.07, 6.45) is 4.55. The Balaban J connectivity index is 1.62. The molecule has 0 fully saturated rings. The molecule has 0 aliphatic heterocycles. The third-order valence-corrected chi connectivity index (χ3v) is 6.26. The van der Waals surface area contributed by atoms with Crippen LogP contribution >= 0.6 is 23.2 Å². The quantitative estimate of drug-likeness (QED) is 0.368. The van der Waals surface area contributed by atoms with Crippen LogP contribution in [0.2, 0.25) is 5.02 Å². The van der Waals surface area contributed by atoms with Crippen molar-refractivity contribution in [1.82, 2.24) is 9.55 Å². The van der Waals surface area contributed by atoms with E-state index in [4.69, 9.17) is 32.7 Å². The molecule has 0 aliphatic carbocycles. The van der Waals surface area contributed by atoms with Crippen LogP contribution in [0.4, 0.5) is 0 Å². The van der Waals surface area contributed by atoms with Gasteiger partial charge in [-0.25, -0.2) is 4.98 Å². The molecule has 1 aromatic heterocycles. The number of hydrogen-bond donors (Lipinski definition) is 1. The zero-order chi connectivity index (χ0) is 23.1. The lowest BCUT2D eigenvalue weighted by atomic mass is 9.78. The Morgan fingerprint density at radius 1 is 1.06 bits per heavy atom. The van der Waals surface area contributed by atoms with Crippen LogP contribution in [-0.4, -0.2) is 39.9 Å². The number of hydrogen-bond acceptors (Lipinski definition) is 4. The summed E-state index contributed by atoms with van der Waals surface area (Å²) < 4.78 is 13.4. The molecule has 3 rings (SSSR count). The number of alkyl halides is 1. The van der Waals surface area contributed by atoms with Crippen LogP contribution in [0.3, 0.4) is 0 Å². The first kappa shape index (κ1) is 24.4. The second-order valence-electron chi connectivity index (χ2n) is 8.59. The van der Waals surface area contributed by atoms with Gasteiger partial charge in [0.1, 0.15) is 24.2 Å². The molecule has 0 amide bonds. The third kappa shape index (κ3) is 6.41. The molecule has 3 aromatic rings. The highest BCUT2D eigenvalue weighted by molar-refractivity contribution is 6.32. The highest BCUT2D eigenvalue weighted by atomic mass is 35.5. The zero-order valence-electron chi connectivity index (χ0n) is 18.7. The number of aliphatic hydroxyl groups is 1. The predicted octanol–water partition coefficient (Wildman–Crippen LogP) is 5.56. The van der Waals surface area contributed by atoms with E-state index in [-0.39, 0.29) is 17.9 Å². The monoisotopic (exact) mass is 476 g/mol. The molecule has 0 radical (unpaired) electrons. The average molecular weight is 477 g/mol. The van der Waals surface area contributed by atoms with Crippen LogP contribution in [0.5, 0.6) is 11.5 Å². The van der Waals surface area contributed by atoms with Gasteiger partial charge < -0.3 is 19.1 Å². The predicted molar refractivity (Wildman–Crippen MR) is 129 cm³/mol. The molecule has 2 aromatic carbocycles. The molecule has 0 unspecified atom stereocenters. The molecule has 5 nitrogen and oxygen atoms in total. The van der Waals surface area contributed by atoms with E-state index in [1.165, 1.54) is 0 Å². The van der Waals surface area contributed by atoms with Gasteiger partial charge in [0.25, 0.3) is 0 Å². The van der Waals surface area contributed by atoms with E-state index in [0.29, 0.717) is 35.6 Å². The summed E-state index contributed by atoms with van der Waals surface area (Å²) >= 11 is 12.3. The molecular formula is C25H30Cl2N2O3. The molecule has 7 heteroatoms. The van der Waals surface area contributed by atoms with Gasteiger partial charge in [0.15, 0.2) is 0 Å². The van der Waals surface area contributed by atoms with E-state index in [1.807, 2.05) is 60.2 Å². The van der Waals surface area contributed by atoms with Crippen molar-refractivity contribution >= 4 is 23.2 Å². The number of imidazole rings is 1. The summed E-state index contributed by atoms with van der Waals surface area (Å²) in [5.41, 5.74) is 1.96. The maximum Gasteiger partial charge on any atom is 0.137 e. The fourth-order valence-electron chi connectivity index (χ4n) is 3.30. The third-order valence-electron chi connectivity index (χ3n) is 5.44. The van der Waals surface area contributed by atoms with Gasteiger partial charge in [0.05, 0.1) is 24.5 Å². The summed E-state index contributed by atoms with van der Waals surface area (Å²) in [5.74, 6) is 2.19. The standard InChI is InChI=1S/C25H30Cl2N2O3/c1-18(13-26)15-32-24-9-6-20(12-23(24)27)25(2,3)19-4-7-22(8-5-19)31-16-21(30)14-29-11-10-28-17-29/h4-12,17-18,21,30H,13-16H2,1-3H3/t18-,21-/m0/s1. The first-order valence-electron chi connectivity index (χ1n) is 10.7. The maximum absolute atomic E-state index is 10.1. The molecule has 0 saturated heterocycles. The van der Waals surface area contributed by atoms with Gasteiger partial charge in [0, 0.05) is 29.6 Å². The van der Waals surface area contributed by atoms with Crippen LogP contribution in [0.15, 0.2) is 61.2 Å². The fraction of sp³-hybridized carbons (Fsp3) is 0.400. The smallest absolute Gasteiger partial charge is 0.137 e. The Hall–Kier alpha value is -2.21. The van der Waals surface area contributed by atoms with Gasteiger partial charge in [-0.3, -0.25) is 0 Å². The lowest BCUT2D eigenvalue weighted by molar-refractivity contribution is 0.0924. The Labute approximate surface area is 199 Å². The number of rotatable bonds is 11. The summed E-state index contributed by atoms with van der Waals surface area (Å²) in [6.45, 7) is 7.52. The summed E-state index contributed by atoms with van der Waals surface area (Å²) in [4.78, 5) is 3.97. The average Bonchev–Trinajstić information content (AvgIpc) is 3.29.